The molecule has 0 aliphatic heterocycles. The first kappa shape index (κ1) is 12.4. The van der Waals surface area contributed by atoms with Gasteiger partial charge in [-0.3, -0.25) is 0 Å². The second-order valence-corrected chi connectivity index (χ2v) is 6.20. The summed E-state index contributed by atoms with van der Waals surface area (Å²) in [5.74, 6) is 0. The summed E-state index contributed by atoms with van der Waals surface area (Å²) in [7, 11) is 1.82. The van der Waals surface area contributed by atoms with Crippen LogP contribution in [0.5, 0.6) is 0 Å². The van der Waals surface area contributed by atoms with Crippen LogP contribution in [0.25, 0.3) is 10.9 Å². The first-order valence-corrected chi connectivity index (χ1v) is 7.73. The number of H-pyrrole nitrogens is 1. The van der Waals surface area contributed by atoms with E-state index >= 15 is 0 Å². The molecule has 20 heavy (non-hydrogen) atoms. The van der Waals surface area contributed by atoms with Crippen molar-refractivity contribution in [3.8, 4) is 0 Å². The van der Waals surface area contributed by atoms with Crippen LogP contribution >= 0.6 is 0 Å². The van der Waals surface area contributed by atoms with E-state index in [0.29, 0.717) is 18.2 Å². The predicted octanol–water partition coefficient (Wildman–Crippen LogP) is 3.31. The van der Waals surface area contributed by atoms with E-state index in [0.717, 1.165) is 12.8 Å². The molecule has 0 amide bonds. The smallest absolute Gasteiger partial charge is 0.0601 e. The molecule has 4 rings (SSSR count). The van der Waals surface area contributed by atoms with E-state index in [1.165, 1.54) is 41.4 Å². The van der Waals surface area contributed by atoms with Crippen molar-refractivity contribution in [1.82, 2.24) is 10.3 Å². The summed E-state index contributed by atoms with van der Waals surface area (Å²) in [6.45, 7) is 0. The highest BCUT2D eigenvalue weighted by Gasteiger charge is 2.33. The molecule has 106 valence electrons. The fourth-order valence-electron chi connectivity index (χ4n) is 3.76. The topological polar surface area (TPSA) is 37.0 Å². The second-order valence-electron chi connectivity index (χ2n) is 6.20. The van der Waals surface area contributed by atoms with Crippen molar-refractivity contribution in [2.75, 3.05) is 7.11 Å². The van der Waals surface area contributed by atoms with Crippen LogP contribution in [-0.4, -0.2) is 24.2 Å². The average molecular weight is 270 g/mol. The van der Waals surface area contributed by atoms with E-state index in [-0.39, 0.29) is 0 Å². The lowest BCUT2D eigenvalue weighted by Crippen LogP contribution is -2.47. The third kappa shape index (κ3) is 1.97. The minimum absolute atomic E-state index is 0.471. The minimum atomic E-state index is 0.471. The SMILES string of the molecule is COC1CC(NC2CCCc3c2[nH]c2ccccc32)C1. The van der Waals surface area contributed by atoms with E-state index in [1.54, 1.807) is 0 Å². The molecule has 3 heteroatoms. The van der Waals surface area contributed by atoms with Crippen molar-refractivity contribution in [2.45, 2.75) is 50.3 Å². The quantitative estimate of drug-likeness (QED) is 0.898. The number of nitrogens with one attached hydrogen (secondary N) is 2. The normalized spacial score (nSPS) is 29.1. The van der Waals surface area contributed by atoms with Crippen LogP contribution < -0.4 is 5.32 Å². The number of ether oxygens (including phenoxy) is 1. The average Bonchev–Trinajstić information content (AvgIpc) is 2.82. The number of aryl methyl sites for hydroxylation is 1. The van der Waals surface area contributed by atoms with E-state index in [2.05, 4.69) is 34.6 Å². The molecule has 0 bridgehead atoms. The molecule has 1 aromatic carbocycles. The third-order valence-electron chi connectivity index (χ3n) is 4.98. The number of para-hydroxylation sites is 1. The van der Waals surface area contributed by atoms with Gasteiger partial charge in [0.1, 0.15) is 0 Å². The largest absolute Gasteiger partial charge is 0.381 e. The van der Waals surface area contributed by atoms with Gasteiger partial charge in [-0.2, -0.15) is 0 Å². The molecule has 1 heterocycles. The first-order chi connectivity index (χ1) is 9.85. The zero-order chi connectivity index (χ0) is 13.5. The van der Waals surface area contributed by atoms with Gasteiger partial charge in [0, 0.05) is 35.8 Å². The Labute approximate surface area is 119 Å². The van der Waals surface area contributed by atoms with Gasteiger partial charge in [-0.25, -0.2) is 0 Å². The molecule has 1 fully saturated rings. The Morgan fingerprint density at radius 2 is 2.10 bits per heavy atom. The fourth-order valence-corrected chi connectivity index (χ4v) is 3.76. The molecule has 0 saturated heterocycles. The Hall–Kier alpha value is -1.32. The summed E-state index contributed by atoms with van der Waals surface area (Å²) in [6.07, 6.45) is 6.52. The molecular weight excluding hydrogens is 248 g/mol. The molecule has 1 aromatic heterocycles. The molecule has 1 unspecified atom stereocenters. The van der Waals surface area contributed by atoms with Gasteiger partial charge in [-0.1, -0.05) is 18.2 Å². The Kier molecular flexibility index (Phi) is 3.04. The fraction of sp³-hybridized carbons (Fsp3) is 0.529. The molecule has 1 saturated carbocycles. The molecule has 0 radical (unpaired) electrons. The standard InChI is InChI=1S/C17H22N2O/c1-20-12-9-11(10-12)18-16-8-4-6-14-13-5-2-3-7-15(13)19-17(14)16/h2-3,5,7,11-12,16,18-19H,4,6,8-10H2,1H3. The summed E-state index contributed by atoms with van der Waals surface area (Å²) in [5.41, 5.74) is 4.25. The Morgan fingerprint density at radius 1 is 1.25 bits per heavy atom. The molecule has 0 spiro atoms. The molecule has 2 aliphatic carbocycles. The molecule has 2 N–H and O–H groups in total. The number of benzene rings is 1. The lowest BCUT2D eigenvalue weighted by atomic mass is 9.86. The second kappa shape index (κ2) is 4.90. The summed E-state index contributed by atoms with van der Waals surface area (Å²) in [5, 5.41) is 5.24. The van der Waals surface area contributed by atoms with Crippen LogP contribution in [0, 0.1) is 0 Å². The maximum Gasteiger partial charge on any atom is 0.0601 e. The van der Waals surface area contributed by atoms with Crippen LogP contribution in [0.15, 0.2) is 24.3 Å². The van der Waals surface area contributed by atoms with Gasteiger partial charge in [-0.05, 0) is 43.7 Å². The van der Waals surface area contributed by atoms with Gasteiger partial charge in [0.15, 0.2) is 0 Å². The zero-order valence-corrected chi connectivity index (χ0v) is 12.0. The molecular formula is C17H22N2O. The molecule has 1 atom stereocenters. The highest BCUT2D eigenvalue weighted by molar-refractivity contribution is 5.85. The number of aromatic nitrogens is 1. The van der Waals surface area contributed by atoms with Gasteiger partial charge in [0.05, 0.1) is 6.10 Å². The lowest BCUT2D eigenvalue weighted by Gasteiger charge is -2.38. The summed E-state index contributed by atoms with van der Waals surface area (Å²) in [6, 6.07) is 9.81. The number of rotatable bonds is 3. The summed E-state index contributed by atoms with van der Waals surface area (Å²) in [4.78, 5) is 3.65. The number of methoxy groups -OCH3 is 1. The van der Waals surface area contributed by atoms with E-state index in [9.17, 15) is 0 Å². The number of fused-ring (bicyclic) bond motifs is 3. The van der Waals surface area contributed by atoms with Crippen molar-refractivity contribution in [2.24, 2.45) is 0 Å². The van der Waals surface area contributed by atoms with Gasteiger partial charge >= 0.3 is 0 Å². The Balaban J connectivity index is 1.59. The van der Waals surface area contributed by atoms with Crippen LogP contribution in [-0.2, 0) is 11.2 Å². The number of hydrogen-bond donors (Lipinski definition) is 2. The first-order valence-electron chi connectivity index (χ1n) is 7.73. The van der Waals surface area contributed by atoms with E-state index in [1.807, 2.05) is 7.11 Å². The van der Waals surface area contributed by atoms with Crippen molar-refractivity contribution < 1.29 is 4.74 Å². The van der Waals surface area contributed by atoms with Crippen molar-refractivity contribution in [3.63, 3.8) is 0 Å². The van der Waals surface area contributed by atoms with Crippen LogP contribution in [0.4, 0.5) is 0 Å². The summed E-state index contributed by atoms with van der Waals surface area (Å²) >= 11 is 0. The highest BCUT2D eigenvalue weighted by atomic mass is 16.5. The Morgan fingerprint density at radius 3 is 2.95 bits per heavy atom. The Bertz CT molecular complexity index is 612. The maximum atomic E-state index is 5.38. The third-order valence-corrected chi connectivity index (χ3v) is 4.98. The zero-order valence-electron chi connectivity index (χ0n) is 12.0. The van der Waals surface area contributed by atoms with Crippen LogP contribution in [0.2, 0.25) is 0 Å². The van der Waals surface area contributed by atoms with Gasteiger partial charge < -0.3 is 15.0 Å². The van der Waals surface area contributed by atoms with Gasteiger partial charge in [-0.15, -0.1) is 0 Å². The molecule has 3 nitrogen and oxygen atoms in total. The van der Waals surface area contributed by atoms with Crippen LogP contribution in [0.1, 0.15) is 43.0 Å². The van der Waals surface area contributed by atoms with Crippen LogP contribution in [0.3, 0.4) is 0 Å². The molecule has 2 aliphatic rings. The highest BCUT2D eigenvalue weighted by Crippen LogP contribution is 2.36. The van der Waals surface area contributed by atoms with E-state index < -0.39 is 0 Å². The number of hydrogen-bond acceptors (Lipinski definition) is 2. The van der Waals surface area contributed by atoms with Crippen molar-refractivity contribution >= 4 is 10.9 Å². The maximum absolute atomic E-state index is 5.38. The molecule has 2 aromatic rings. The monoisotopic (exact) mass is 270 g/mol. The summed E-state index contributed by atoms with van der Waals surface area (Å²) < 4.78 is 5.38. The lowest BCUT2D eigenvalue weighted by molar-refractivity contribution is 0.0134. The predicted molar refractivity (Wildman–Crippen MR) is 80.9 cm³/mol. The van der Waals surface area contributed by atoms with Crippen molar-refractivity contribution in [3.05, 3.63) is 35.5 Å². The number of aromatic amines is 1. The van der Waals surface area contributed by atoms with Gasteiger partial charge in [0.2, 0.25) is 0 Å². The van der Waals surface area contributed by atoms with Crippen molar-refractivity contribution in [1.29, 1.82) is 0 Å². The van der Waals surface area contributed by atoms with Gasteiger partial charge in [0.25, 0.3) is 0 Å². The van der Waals surface area contributed by atoms with E-state index in [4.69, 9.17) is 4.74 Å². The minimum Gasteiger partial charge on any atom is -0.381 e.